The Morgan fingerprint density at radius 3 is 2.79 bits per heavy atom. The number of hydrogen-bond acceptors (Lipinski definition) is 5. The summed E-state index contributed by atoms with van der Waals surface area (Å²) in [5, 5.41) is 8.89. The summed E-state index contributed by atoms with van der Waals surface area (Å²) in [6.07, 6.45) is 0.712. The van der Waals surface area contributed by atoms with E-state index in [9.17, 15) is 17.9 Å². The molecule has 0 heterocycles. The van der Waals surface area contributed by atoms with Crippen LogP contribution in [0.4, 0.5) is 4.39 Å². The maximum absolute atomic E-state index is 13.5. The van der Waals surface area contributed by atoms with Gasteiger partial charge in [0, 0.05) is 29.4 Å². The molecule has 0 bridgehead atoms. The summed E-state index contributed by atoms with van der Waals surface area (Å²) in [4.78, 5) is 12.1. The molecule has 0 aliphatic heterocycles. The molecular weight excluding hydrogens is 333 g/mol. The quantitative estimate of drug-likeness (QED) is 0.795. The van der Waals surface area contributed by atoms with Gasteiger partial charge in [-0.3, -0.25) is 9.00 Å². The van der Waals surface area contributed by atoms with Crippen molar-refractivity contribution in [2.75, 3.05) is 0 Å². The lowest BCUT2D eigenvalue weighted by Crippen LogP contribution is -2.04. The monoisotopic (exact) mass is 344 g/mol. The van der Waals surface area contributed by atoms with Gasteiger partial charge in [-0.25, -0.2) is 4.39 Å². The highest BCUT2D eigenvalue weighted by Crippen LogP contribution is 2.36. The Hall–Kier alpha value is -2.56. The van der Waals surface area contributed by atoms with Crippen LogP contribution in [-0.4, -0.2) is 14.5 Å². The number of benzene rings is 2. The van der Waals surface area contributed by atoms with E-state index in [4.69, 9.17) is 10.00 Å². The van der Waals surface area contributed by atoms with E-state index in [2.05, 4.69) is 0 Å². The van der Waals surface area contributed by atoms with E-state index in [0.29, 0.717) is 28.9 Å². The second kappa shape index (κ2) is 6.51. The molecule has 5 nitrogen and oxygen atoms in total. The Balaban J connectivity index is 2.02. The van der Waals surface area contributed by atoms with Crippen molar-refractivity contribution in [3.63, 3.8) is 0 Å². The van der Waals surface area contributed by atoms with Crippen LogP contribution in [0.25, 0.3) is 0 Å². The van der Waals surface area contributed by atoms with E-state index in [1.54, 1.807) is 6.07 Å². The first-order chi connectivity index (χ1) is 11.5. The first kappa shape index (κ1) is 16.3. The van der Waals surface area contributed by atoms with Gasteiger partial charge in [-0.1, -0.05) is 17.1 Å². The number of ketones is 1. The van der Waals surface area contributed by atoms with Crippen LogP contribution in [-0.2, 0) is 23.3 Å². The van der Waals surface area contributed by atoms with Gasteiger partial charge >= 0.3 is 0 Å². The fourth-order valence-corrected chi connectivity index (χ4v) is 3.29. The van der Waals surface area contributed by atoms with Crippen LogP contribution in [0.1, 0.15) is 33.5 Å². The van der Waals surface area contributed by atoms with Gasteiger partial charge in [0.2, 0.25) is 0 Å². The summed E-state index contributed by atoms with van der Waals surface area (Å²) in [5.41, 5.74) is 1.54. The summed E-state index contributed by atoms with van der Waals surface area (Å²) in [6, 6.07) is 8.56. The van der Waals surface area contributed by atoms with Gasteiger partial charge in [0.15, 0.2) is 5.78 Å². The van der Waals surface area contributed by atoms with Gasteiger partial charge < -0.3 is 9.29 Å². The Morgan fingerprint density at radius 1 is 1.29 bits per heavy atom. The van der Waals surface area contributed by atoms with E-state index in [0.717, 1.165) is 12.1 Å². The van der Waals surface area contributed by atoms with E-state index in [-0.39, 0.29) is 29.3 Å². The predicted molar refractivity (Wildman–Crippen MR) is 82.9 cm³/mol. The second-order valence-electron chi connectivity index (χ2n) is 5.34. The van der Waals surface area contributed by atoms with Gasteiger partial charge in [0.1, 0.15) is 17.3 Å². The van der Waals surface area contributed by atoms with Gasteiger partial charge in [0.25, 0.3) is 0 Å². The summed E-state index contributed by atoms with van der Waals surface area (Å²) >= 11 is -2.30. The molecule has 2 aromatic rings. The number of ether oxygens (including phenoxy) is 1. The normalized spacial score (nSPS) is 14.1. The van der Waals surface area contributed by atoms with Crippen molar-refractivity contribution >= 4 is 16.9 Å². The lowest BCUT2D eigenvalue weighted by atomic mass is 10.0. The first-order valence-electron chi connectivity index (χ1n) is 7.10. The molecule has 1 aliphatic rings. The molecule has 0 fully saturated rings. The molecule has 24 heavy (non-hydrogen) atoms. The lowest BCUT2D eigenvalue weighted by Gasteiger charge is -2.14. The summed E-state index contributed by atoms with van der Waals surface area (Å²) < 4.78 is 41.1. The number of hydrogen-bond donors (Lipinski definition) is 0. The molecule has 1 unspecified atom stereocenters. The highest BCUT2D eigenvalue weighted by molar-refractivity contribution is 7.78. The second-order valence-corrected chi connectivity index (χ2v) is 6.23. The summed E-state index contributed by atoms with van der Waals surface area (Å²) in [6.45, 7) is 0. The summed E-state index contributed by atoms with van der Waals surface area (Å²) in [7, 11) is 0. The average Bonchev–Trinajstić information content (AvgIpc) is 2.91. The Labute approximate surface area is 140 Å². The van der Waals surface area contributed by atoms with E-state index in [1.165, 1.54) is 12.1 Å². The topological polar surface area (TPSA) is 90.2 Å². The van der Waals surface area contributed by atoms with Crippen LogP contribution < -0.4 is 4.74 Å². The van der Waals surface area contributed by atoms with E-state index >= 15 is 0 Å². The maximum atomic E-state index is 13.5. The molecule has 0 spiro atoms. The average molecular weight is 344 g/mol. The zero-order chi connectivity index (χ0) is 17.3. The molecule has 2 aromatic carbocycles. The number of Topliss-reactive ketones (excluding diaryl/α,β-unsaturated/α-hetero) is 1. The van der Waals surface area contributed by atoms with Gasteiger partial charge in [-0.2, -0.15) is 5.26 Å². The smallest absolute Gasteiger partial charge is 0.163 e. The van der Waals surface area contributed by atoms with Crippen LogP contribution >= 0.6 is 0 Å². The van der Waals surface area contributed by atoms with Gasteiger partial charge in [-0.05, 0) is 30.2 Å². The SMILES string of the molecule is N#Cc1cc(F)cc(Oc2ccc(CS(=O)[O-])c3c2CCC3=O)c1. The van der Waals surface area contributed by atoms with Crippen molar-refractivity contribution in [3.8, 4) is 17.6 Å². The van der Waals surface area contributed by atoms with Crippen molar-refractivity contribution in [1.29, 1.82) is 5.26 Å². The zero-order valence-corrected chi connectivity index (χ0v) is 13.2. The molecule has 3 rings (SSSR count). The minimum Gasteiger partial charge on any atom is -0.772 e. The molecule has 0 amide bonds. The molecule has 1 aliphatic carbocycles. The van der Waals surface area contributed by atoms with Crippen LogP contribution in [0.5, 0.6) is 11.5 Å². The molecule has 0 aromatic heterocycles. The van der Waals surface area contributed by atoms with Crippen molar-refractivity contribution in [3.05, 3.63) is 58.4 Å². The van der Waals surface area contributed by atoms with Gasteiger partial charge in [-0.15, -0.1) is 0 Å². The van der Waals surface area contributed by atoms with Crippen LogP contribution in [0, 0.1) is 17.1 Å². The first-order valence-corrected chi connectivity index (χ1v) is 8.34. The fourth-order valence-electron chi connectivity index (χ4n) is 2.79. The third-order valence-corrected chi connectivity index (χ3v) is 4.29. The molecule has 1 atom stereocenters. The van der Waals surface area contributed by atoms with E-state index < -0.39 is 16.9 Å². The van der Waals surface area contributed by atoms with Crippen LogP contribution in [0.3, 0.4) is 0 Å². The third kappa shape index (κ3) is 3.20. The number of carbonyl (C=O) groups excluding carboxylic acids is 1. The summed E-state index contributed by atoms with van der Waals surface area (Å²) in [5.74, 6) is -0.464. The third-order valence-electron chi connectivity index (χ3n) is 3.74. The molecule has 0 saturated heterocycles. The van der Waals surface area contributed by atoms with Crippen molar-refractivity contribution in [2.24, 2.45) is 0 Å². The van der Waals surface area contributed by atoms with Gasteiger partial charge in [0.05, 0.1) is 11.6 Å². The molecule has 122 valence electrons. The molecule has 7 heteroatoms. The standard InChI is InChI=1S/C17H12FNO4S/c18-12-5-10(8-19)6-13(7-12)23-16-4-1-11(9-24(21)22)17-14(16)2-3-15(17)20/h1,4-7H,2-3,9H2,(H,21,22)/p-1. The largest absolute Gasteiger partial charge is 0.772 e. The Morgan fingerprint density at radius 2 is 2.08 bits per heavy atom. The lowest BCUT2D eigenvalue weighted by molar-refractivity contribution is 0.0994. The fraction of sp³-hybridized carbons (Fsp3) is 0.176. The number of carbonyl (C=O) groups is 1. The predicted octanol–water partition coefficient (Wildman–Crippen LogP) is 3.00. The van der Waals surface area contributed by atoms with Crippen LogP contribution in [0.15, 0.2) is 30.3 Å². The Kier molecular flexibility index (Phi) is 4.42. The number of nitriles is 1. The minimum absolute atomic E-state index is 0.121. The van der Waals surface area contributed by atoms with Crippen LogP contribution in [0.2, 0.25) is 0 Å². The number of fused-ring (bicyclic) bond motifs is 1. The van der Waals surface area contributed by atoms with Crippen molar-refractivity contribution < 1.29 is 22.7 Å². The maximum Gasteiger partial charge on any atom is 0.163 e. The molecule has 0 N–H and O–H groups in total. The number of nitrogens with zero attached hydrogens (tertiary/aromatic N) is 1. The van der Waals surface area contributed by atoms with E-state index in [1.807, 2.05) is 6.07 Å². The van der Waals surface area contributed by atoms with Crippen molar-refractivity contribution in [1.82, 2.24) is 0 Å². The Bertz CT molecular complexity index is 904. The minimum atomic E-state index is -2.30. The highest BCUT2D eigenvalue weighted by atomic mass is 32.2. The molecule has 0 radical (unpaired) electrons. The number of halogens is 1. The highest BCUT2D eigenvalue weighted by Gasteiger charge is 2.26. The molecular formula is C17H11FNO4S-. The molecule has 0 saturated carbocycles. The number of rotatable bonds is 4. The zero-order valence-electron chi connectivity index (χ0n) is 12.4. The van der Waals surface area contributed by atoms with Crippen molar-refractivity contribution in [2.45, 2.75) is 18.6 Å².